The number of para-hydroxylation sites is 2. The SMILES string of the molecule is CCOC(=O)c1ccccc1NC(=O)COC(=O)[C@H](C)NC(=O)Nc1ccccc1. The van der Waals surface area contributed by atoms with Crippen LogP contribution in [0.2, 0.25) is 0 Å². The minimum atomic E-state index is -0.978. The van der Waals surface area contributed by atoms with E-state index in [-0.39, 0.29) is 17.9 Å². The van der Waals surface area contributed by atoms with Gasteiger partial charge in [0, 0.05) is 5.69 Å². The fourth-order valence-electron chi connectivity index (χ4n) is 2.37. The van der Waals surface area contributed by atoms with Crippen LogP contribution >= 0.6 is 0 Å². The number of esters is 2. The standard InChI is InChI=1S/C21H23N3O6/c1-3-29-20(27)16-11-7-8-12-17(16)24-18(25)13-30-19(26)14(2)22-21(28)23-15-9-5-4-6-10-15/h4-12,14H,3,13H2,1-2H3,(H,24,25)(H2,22,23,28)/t14-/m0/s1. The number of amides is 3. The van der Waals surface area contributed by atoms with Crippen molar-refractivity contribution < 1.29 is 28.7 Å². The first-order valence-electron chi connectivity index (χ1n) is 9.26. The number of rotatable bonds is 8. The molecule has 0 fully saturated rings. The van der Waals surface area contributed by atoms with Crippen LogP contribution in [-0.4, -0.2) is 43.1 Å². The summed E-state index contributed by atoms with van der Waals surface area (Å²) in [6, 6.07) is 13.5. The number of carbonyl (C=O) groups is 4. The summed E-state index contributed by atoms with van der Waals surface area (Å²) in [6.45, 7) is 2.72. The van der Waals surface area contributed by atoms with E-state index in [0.717, 1.165) is 0 Å². The van der Waals surface area contributed by atoms with Gasteiger partial charge < -0.3 is 25.4 Å². The molecule has 0 radical (unpaired) electrons. The third kappa shape index (κ3) is 6.93. The number of benzene rings is 2. The van der Waals surface area contributed by atoms with Gasteiger partial charge in [0.25, 0.3) is 5.91 Å². The number of hydrogen-bond acceptors (Lipinski definition) is 6. The molecule has 0 spiro atoms. The number of anilines is 2. The van der Waals surface area contributed by atoms with Crippen LogP contribution in [0.15, 0.2) is 54.6 Å². The molecule has 0 aromatic heterocycles. The monoisotopic (exact) mass is 413 g/mol. The van der Waals surface area contributed by atoms with Gasteiger partial charge in [-0.2, -0.15) is 0 Å². The third-order valence-corrected chi connectivity index (χ3v) is 3.77. The van der Waals surface area contributed by atoms with Crippen molar-refractivity contribution in [1.82, 2.24) is 5.32 Å². The number of nitrogens with one attached hydrogen (secondary N) is 3. The van der Waals surface area contributed by atoms with Crippen LogP contribution in [0.1, 0.15) is 24.2 Å². The van der Waals surface area contributed by atoms with Gasteiger partial charge in [-0.25, -0.2) is 14.4 Å². The highest BCUT2D eigenvalue weighted by atomic mass is 16.5. The summed E-state index contributed by atoms with van der Waals surface area (Å²) in [5.74, 6) is -2.00. The van der Waals surface area contributed by atoms with E-state index in [2.05, 4.69) is 16.0 Å². The first kappa shape index (κ1) is 22.4. The van der Waals surface area contributed by atoms with E-state index in [9.17, 15) is 19.2 Å². The van der Waals surface area contributed by atoms with Gasteiger partial charge in [-0.15, -0.1) is 0 Å². The Morgan fingerprint density at radius 2 is 1.57 bits per heavy atom. The summed E-state index contributed by atoms with van der Waals surface area (Å²) in [6.07, 6.45) is 0. The molecule has 1 atom stereocenters. The van der Waals surface area contributed by atoms with E-state index in [1.807, 2.05) is 0 Å². The van der Waals surface area contributed by atoms with Crippen molar-refractivity contribution >= 4 is 35.3 Å². The van der Waals surface area contributed by atoms with Crippen molar-refractivity contribution in [2.45, 2.75) is 19.9 Å². The fourth-order valence-corrected chi connectivity index (χ4v) is 2.37. The normalized spacial score (nSPS) is 11.0. The van der Waals surface area contributed by atoms with E-state index in [4.69, 9.17) is 9.47 Å². The lowest BCUT2D eigenvalue weighted by Gasteiger charge is -2.14. The Hall–Kier alpha value is -3.88. The summed E-state index contributed by atoms with van der Waals surface area (Å²) in [5.41, 5.74) is 0.993. The van der Waals surface area contributed by atoms with E-state index >= 15 is 0 Å². The smallest absolute Gasteiger partial charge is 0.340 e. The lowest BCUT2D eigenvalue weighted by atomic mass is 10.2. The molecule has 0 aliphatic carbocycles. The Morgan fingerprint density at radius 1 is 0.900 bits per heavy atom. The van der Waals surface area contributed by atoms with E-state index in [1.54, 1.807) is 49.4 Å². The highest BCUT2D eigenvalue weighted by Crippen LogP contribution is 2.16. The Labute approximate surface area is 173 Å². The summed E-state index contributed by atoms with van der Waals surface area (Å²) in [4.78, 5) is 48.0. The molecule has 3 amide bonds. The van der Waals surface area contributed by atoms with Gasteiger partial charge in [-0.3, -0.25) is 4.79 Å². The molecular weight excluding hydrogens is 390 g/mol. The molecule has 0 aliphatic heterocycles. The molecule has 2 aromatic rings. The maximum Gasteiger partial charge on any atom is 0.340 e. The maximum absolute atomic E-state index is 12.1. The Kier molecular flexibility index (Phi) is 8.37. The minimum absolute atomic E-state index is 0.187. The molecule has 2 aromatic carbocycles. The molecule has 0 saturated carbocycles. The average Bonchev–Trinajstić information content (AvgIpc) is 2.73. The van der Waals surface area contributed by atoms with Gasteiger partial charge in [0.05, 0.1) is 17.9 Å². The van der Waals surface area contributed by atoms with Crippen LogP contribution in [0.3, 0.4) is 0 Å². The van der Waals surface area contributed by atoms with Crippen LogP contribution in [0.25, 0.3) is 0 Å². The quantitative estimate of drug-likeness (QED) is 0.572. The van der Waals surface area contributed by atoms with Gasteiger partial charge in [0.15, 0.2) is 6.61 Å². The van der Waals surface area contributed by atoms with E-state index in [1.165, 1.54) is 19.1 Å². The third-order valence-electron chi connectivity index (χ3n) is 3.77. The van der Waals surface area contributed by atoms with Gasteiger partial charge in [0.1, 0.15) is 6.04 Å². The van der Waals surface area contributed by atoms with Gasteiger partial charge >= 0.3 is 18.0 Å². The molecule has 2 rings (SSSR count). The van der Waals surface area contributed by atoms with Crippen LogP contribution in [0.4, 0.5) is 16.2 Å². The molecule has 158 valence electrons. The van der Waals surface area contributed by atoms with E-state index in [0.29, 0.717) is 5.69 Å². The topological polar surface area (TPSA) is 123 Å². The predicted molar refractivity (Wildman–Crippen MR) is 110 cm³/mol. The number of carbonyl (C=O) groups excluding carboxylic acids is 4. The molecule has 30 heavy (non-hydrogen) atoms. The van der Waals surface area contributed by atoms with Crippen LogP contribution in [-0.2, 0) is 19.1 Å². The zero-order valence-electron chi connectivity index (χ0n) is 16.6. The molecule has 0 heterocycles. The van der Waals surface area contributed by atoms with Gasteiger partial charge in [0.2, 0.25) is 0 Å². The summed E-state index contributed by atoms with van der Waals surface area (Å²) in [5, 5.41) is 7.49. The Bertz CT molecular complexity index is 901. The first-order chi connectivity index (χ1) is 14.4. The van der Waals surface area contributed by atoms with Crippen molar-refractivity contribution in [2.24, 2.45) is 0 Å². The van der Waals surface area contributed by atoms with Gasteiger partial charge in [-0.05, 0) is 38.1 Å². The van der Waals surface area contributed by atoms with Crippen LogP contribution in [0, 0.1) is 0 Å². The second-order valence-electron chi connectivity index (χ2n) is 6.11. The zero-order valence-corrected chi connectivity index (χ0v) is 16.6. The Morgan fingerprint density at radius 3 is 2.27 bits per heavy atom. The Balaban J connectivity index is 1.82. The molecule has 9 heteroatoms. The van der Waals surface area contributed by atoms with Crippen molar-refractivity contribution in [3.63, 3.8) is 0 Å². The first-order valence-corrected chi connectivity index (χ1v) is 9.26. The molecule has 9 nitrogen and oxygen atoms in total. The largest absolute Gasteiger partial charge is 0.462 e. The number of ether oxygens (including phenoxy) is 2. The number of urea groups is 1. The molecule has 0 saturated heterocycles. The predicted octanol–water partition coefficient (Wildman–Crippen LogP) is 2.56. The van der Waals surface area contributed by atoms with E-state index < -0.39 is 36.5 Å². The van der Waals surface area contributed by atoms with Crippen molar-refractivity contribution in [3.8, 4) is 0 Å². The molecule has 0 unspecified atom stereocenters. The summed E-state index contributed by atoms with van der Waals surface area (Å²) in [7, 11) is 0. The lowest BCUT2D eigenvalue weighted by Crippen LogP contribution is -2.42. The van der Waals surface area contributed by atoms with Gasteiger partial charge in [-0.1, -0.05) is 30.3 Å². The minimum Gasteiger partial charge on any atom is -0.462 e. The number of hydrogen-bond donors (Lipinski definition) is 3. The van der Waals surface area contributed by atoms with Crippen molar-refractivity contribution in [1.29, 1.82) is 0 Å². The molecule has 3 N–H and O–H groups in total. The average molecular weight is 413 g/mol. The molecule has 0 aliphatic rings. The fraction of sp³-hybridized carbons (Fsp3) is 0.238. The van der Waals surface area contributed by atoms with Crippen molar-refractivity contribution in [3.05, 3.63) is 60.2 Å². The summed E-state index contributed by atoms with van der Waals surface area (Å²) >= 11 is 0. The maximum atomic E-state index is 12.1. The highest BCUT2D eigenvalue weighted by Gasteiger charge is 2.19. The molecular formula is C21H23N3O6. The van der Waals surface area contributed by atoms with Crippen LogP contribution < -0.4 is 16.0 Å². The second kappa shape index (κ2) is 11.2. The lowest BCUT2D eigenvalue weighted by molar-refractivity contribution is -0.148. The van der Waals surface area contributed by atoms with Crippen molar-refractivity contribution in [2.75, 3.05) is 23.8 Å². The molecule has 0 bridgehead atoms. The highest BCUT2D eigenvalue weighted by molar-refractivity contribution is 6.02. The zero-order chi connectivity index (χ0) is 21.9. The second-order valence-corrected chi connectivity index (χ2v) is 6.11. The summed E-state index contributed by atoms with van der Waals surface area (Å²) < 4.78 is 9.86. The van der Waals surface area contributed by atoms with Crippen LogP contribution in [0.5, 0.6) is 0 Å².